The second-order valence-corrected chi connectivity index (χ2v) is 5.56. The molecule has 0 saturated heterocycles. The maximum atomic E-state index is 10.7. The van der Waals surface area contributed by atoms with Crippen molar-refractivity contribution in [3.05, 3.63) is 23.8 Å². The SMILES string of the molecule is O=C(O)CNc1cccc2c1CN(CC1CC1)CCO2. The highest BCUT2D eigenvalue weighted by atomic mass is 16.5. The van der Waals surface area contributed by atoms with Crippen molar-refractivity contribution in [2.75, 3.05) is 31.6 Å². The summed E-state index contributed by atoms with van der Waals surface area (Å²) in [6.07, 6.45) is 2.67. The minimum absolute atomic E-state index is 0.0704. The van der Waals surface area contributed by atoms with Crippen LogP contribution < -0.4 is 10.1 Å². The summed E-state index contributed by atoms with van der Waals surface area (Å²) in [6.45, 7) is 3.51. The highest BCUT2D eigenvalue weighted by Crippen LogP contribution is 2.33. The summed E-state index contributed by atoms with van der Waals surface area (Å²) in [5, 5.41) is 11.8. The number of nitrogens with one attached hydrogen (secondary N) is 1. The van der Waals surface area contributed by atoms with E-state index in [0.29, 0.717) is 6.61 Å². The number of fused-ring (bicyclic) bond motifs is 1. The highest BCUT2D eigenvalue weighted by molar-refractivity contribution is 5.73. The van der Waals surface area contributed by atoms with Gasteiger partial charge in [-0.1, -0.05) is 6.07 Å². The van der Waals surface area contributed by atoms with Crippen molar-refractivity contribution in [2.24, 2.45) is 5.92 Å². The molecule has 0 aromatic heterocycles. The molecule has 1 saturated carbocycles. The molecule has 0 atom stereocenters. The van der Waals surface area contributed by atoms with Crippen LogP contribution in [-0.4, -0.2) is 42.2 Å². The number of hydrogen-bond donors (Lipinski definition) is 2. The van der Waals surface area contributed by atoms with Crippen LogP contribution >= 0.6 is 0 Å². The van der Waals surface area contributed by atoms with Crippen LogP contribution in [0.25, 0.3) is 0 Å². The first kappa shape index (κ1) is 13.2. The van der Waals surface area contributed by atoms with Crippen molar-refractivity contribution < 1.29 is 14.6 Å². The molecular formula is C15H20N2O3. The average molecular weight is 276 g/mol. The third-order valence-electron chi connectivity index (χ3n) is 3.82. The molecule has 5 heteroatoms. The summed E-state index contributed by atoms with van der Waals surface area (Å²) in [6, 6.07) is 5.78. The molecule has 0 amide bonds. The Morgan fingerprint density at radius 2 is 2.30 bits per heavy atom. The fraction of sp³-hybridized carbons (Fsp3) is 0.533. The summed E-state index contributed by atoms with van der Waals surface area (Å²) < 4.78 is 5.80. The molecule has 0 bridgehead atoms. The van der Waals surface area contributed by atoms with Crippen LogP contribution in [0.2, 0.25) is 0 Å². The van der Waals surface area contributed by atoms with Crippen molar-refractivity contribution in [3.8, 4) is 5.75 Å². The minimum Gasteiger partial charge on any atom is -0.492 e. The second kappa shape index (κ2) is 5.71. The molecule has 2 N–H and O–H groups in total. The monoisotopic (exact) mass is 276 g/mol. The Morgan fingerprint density at radius 1 is 1.45 bits per heavy atom. The molecule has 5 nitrogen and oxygen atoms in total. The van der Waals surface area contributed by atoms with Gasteiger partial charge < -0.3 is 15.2 Å². The predicted molar refractivity (Wildman–Crippen MR) is 76.1 cm³/mol. The molecule has 0 unspecified atom stereocenters. The molecule has 20 heavy (non-hydrogen) atoms. The number of carbonyl (C=O) groups is 1. The van der Waals surface area contributed by atoms with Gasteiger partial charge in [-0.2, -0.15) is 0 Å². The van der Waals surface area contributed by atoms with E-state index in [-0.39, 0.29) is 6.54 Å². The predicted octanol–water partition coefficient (Wildman–Crippen LogP) is 1.79. The number of rotatable bonds is 5. The first-order chi connectivity index (χ1) is 9.72. The number of nitrogens with zero attached hydrogens (tertiary/aromatic N) is 1. The smallest absolute Gasteiger partial charge is 0.322 e. The lowest BCUT2D eigenvalue weighted by Gasteiger charge is -2.20. The lowest BCUT2D eigenvalue weighted by Crippen LogP contribution is -2.28. The van der Waals surface area contributed by atoms with E-state index in [4.69, 9.17) is 9.84 Å². The van der Waals surface area contributed by atoms with Crippen LogP contribution in [0, 0.1) is 5.92 Å². The third kappa shape index (κ3) is 3.22. The van der Waals surface area contributed by atoms with Gasteiger partial charge in [-0.05, 0) is 30.9 Å². The van der Waals surface area contributed by atoms with Gasteiger partial charge in [-0.25, -0.2) is 0 Å². The summed E-state index contributed by atoms with van der Waals surface area (Å²) in [4.78, 5) is 13.1. The van der Waals surface area contributed by atoms with Gasteiger partial charge >= 0.3 is 5.97 Å². The minimum atomic E-state index is -0.855. The number of hydrogen-bond acceptors (Lipinski definition) is 4. The van der Waals surface area contributed by atoms with Gasteiger partial charge in [0, 0.05) is 30.9 Å². The molecule has 1 aliphatic heterocycles. The van der Waals surface area contributed by atoms with Crippen molar-refractivity contribution >= 4 is 11.7 Å². The molecule has 3 rings (SSSR count). The van der Waals surface area contributed by atoms with E-state index in [1.165, 1.54) is 12.8 Å². The van der Waals surface area contributed by atoms with Gasteiger partial charge in [0.15, 0.2) is 0 Å². The van der Waals surface area contributed by atoms with Crippen LogP contribution in [0.4, 0.5) is 5.69 Å². The number of benzene rings is 1. The van der Waals surface area contributed by atoms with E-state index in [1.54, 1.807) is 0 Å². The van der Waals surface area contributed by atoms with Crippen LogP contribution in [0.15, 0.2) is 18.2 Å². The quantitative estimate of drug-likeness (QED) is 0.858. The van der Waals surface area contributed by atoms with Crippen molar-refractivity contribution in [1.29, 1.82) is 0 Å². The standard InChI is InChI=1S/C15H20N2O3/c18-15(19)8-16-13-2-1-3-14-12(13)10-17(6-7-20-14)9-11-4-5-11/h1-3,11,16H,4-10H2,(H,18,19). The van der Waals surface area contributed by atoms with Gasteiger partial charge in [-0.3, -0.25) is 9.69 Å². The van der Waals surface area contributed by atoms with Crippen molar-refractivity contribution in [2.45, 2.75) is 19.4 Å². The first-order valence-corrected chi connectivity index (χ1v) is 7.15. The Morgan fingerprint density at radius 3 is 3.05 bits per heavy atom. The number of carboxylic acids is 1. The summed E-state index contributed by atoms with van der Waals surface area (Å²) >= 11 is 0. The molecular weight excluding hydrogens is 256 g/mol. The van der Waals surface area contributed by atoms with Crippen LogP contribution in [-0.2, 0) is 11.3 Å². The molecule has 1 aromatic carbocycles. The van der Waals surface area contributed by atoms with Gasteiger partial charge in [0.25, 0.3) is 0 Å². The first-order valence-electron chi connectivity index (χ1n) is 7.15. The Balaban J connectivity index is 1.77. The molecule has 108 valence electrons. The average Bonchev–Trinajstić information content (AvgIpc) is 3.23. The highest BCUT2D eigenvalue weighted by Gasteiger charge is 2.26. The van der Waals surface area contributed by atoms with Gasteiger partial charge in [0.1, 0.15) is 18.9 Å². The molecule has 0 spiro atoms. The largest absolute Gasteiger partial charge is 0.492 e. The number of anilines is 1. The Bertz CT molecular complexity index is 500. The summed E-state index contributed by atoms with van der Waals surface area (Å²) in [7, 11) is 0. The van der Waals surface area contributed by atoms with Gasteiger partial charge in [-0.15, -0.1) is 0 Å². The maximum absolute atomic E-state index is 10.7. The van der Waals surface area contributed by atoms with E-state index in [0.717, 1.165) is 42.6 Å². The molecule has 0 radical (unpaired) electrons. The van der Waals surface area contributed by atoms with Gasteiger partial charge in [0.2, 0.25) is 0 Å². The molecule has 2 aliphatic rings. The van der Waals surface area contributed by atoms with E-state index in [2.05, 4.69) is 10.2 Å². The summed E-state index contributed by atoms with van der Waals surface area (Å²) in [5.41, 5.74) is 1.94. The lowest BCUT2D eigenvalue weighted by atomic mass is 10.1. The lowest BCUT2D eigenvalue weighted by molar-refractivity contribution is -0.134. The fourth-order valence-corrected chi connectivity index (χ4v) is 2.61. The topological polar surface area (TPSA) is 61.8 Å². The maximum Gasteiger partial charge on any atom is 0.322 e. The normalized spacial score (nSPS) is 18.8. The van der Waals surface area contributed by atoms with Crippen molar-refractivity contribution in [3.63, 3.8) is 0 Å². The summed E-state index contributed by atoms with van der Waals surface area (Å²) in [5.74, 6) is 0.862. The number of ether oxygens (including phenoxy) is 1. The number of aliphatic carboxylic acids is 1. The zero-order valence-corrected chi connectivity index (χ0v) is 11.5. The Labute approximate surface area is 118 Å². The molecule has 1 heterocycles. The van der Waals surface area contributed by atoms with E-state index >= 15 is 0 Å². The zero-order valence-electron chi connectivity index (χ0n) is 11.5. The van der Waals surface area contributed by atoms with Crippen LogP contribution in [0.1, 0.15) is 18.4 Å². The molecule has 1 aliphatic carbocycles. The van der Waals surface area contributed by atoms with Gasteiger partial charge in [0.05, 0.1) is 0 Å². The molecule has 1 aromatic rings. The van der Waals surface area contributed by atoms with Crippen LogP contribution in [0.5, 0.6) is 5.75 Å². The number of carboxylic acid groups (broad SMARTS) is 1. The third-order valence-corrected chi connectivity index (χ3v) is 3.82. The van der Waals surface area contributed by atoms with Crippen molar-refractivity contribution in [1.82, 2.24) is 4.90 Å². The fourth-order valence-electron chi connectivity index (χ4n) is 2.61. The Hall–Kier alpha value is -1.75. The van der Waals surface area contributed by atoms with E-state index < -0.39 is 5.97 Å². The zero-order chi connectivity index (χ0) is 13.9. The second-order valence-electron chi connectivity index (χ2n) is 5.56. The molecule has 1 fully saturated rings. The Kier molecular flexibility index (Phi) is 3.78. The van der Waals surface area contributed by atoms with E-state index in [1.807, 2.05) is 18.2 Å². The van der Waals surface area contributed by atoms with E-state index in [9.17, 15) is 4.79 Å². The van der Waals surface area contributed by atoms with Crippen LogP contribution in [0.3, 0.4) is 0 Å².